The Morgan fingerprint density at radius 2 is 2.09 bits per heavy atom. The summed E-state index contributed by atoms with van der Waals surface area (Å²) < 4.78 is 7.27. The largest absolute Gasteiger partial charge is 0.489 e. The summed E-state index contributed by atoms with van der Waals surface area (Å²) in [5.41, 5.74) is 0. The van der Waals surface area contributed by atoms with Gasteiger partial charge in [-0.15, -0.1) is 24.0 Å². The molecule has 0 aliphatic carbocycles. The van der Waals surface area contributed by atoms with E-state index in [0.29, 0.717) is 6.54 Å². The van der Waals surface area contributed by atoms with Gasteiger partial charge in [0.2, 0.25) is 0 Å². The average Bonchev–Trinajstić information content (AvgIpc) is 2.54. The van der Waals surface area contributed by atoms with Crippen LogP contribution < -0.4 is 10.1 Å². The van der Waals surface area contributed by atoms with Crippen molar-refractivity contribution >= 4 is 52.5 Å². The number of likely N-dealkylation sites (tertiary alicyclic amines) is 1. The van der Waals surface area contributed by atoms with Gasteiger partial charge in [0.1, 0.15) is 11.9 Å². The third kappa shape index (κ3) is 6.61. The molecule has 0 radical (unpaired) electrons. The number of aliphatic hydroxyl groups is 1. The van der Waals surface area contributed by atoms with Gasteiger partial charge in [0.15, 0.2) is 5.96 Å². The van der Waals surface area contributed by atoms with Crippen LogP contribution in [0.5, 0.6) is 5.75 Å². The Balaban J connectivity index is 0.00000264. The van der Waals surface area contributed by atoms with Crippen LogP contribution in [0.1, 0.15) is 19.8 Å². The summed E-state index contributed by atoms with van der Waals surface area (Å²) in [5.74, 6) is 1.87. The molecule has 1 aromatic rings. The number of rotatable bonds is 5. The van der Waals surface area contributed by atoms with Gasteiger partial charge in [-0.05, 0) is 41.6 Å². The molecule has 1 fully saturated rings. The van der Waals surface area contributed by atoms with Crippen LogP contribution in [-0.4, -0.2) is 54.9 Å². The standard InChI is InChI=1S/C16H24IN3O2.HI/c1-2-18-16(19-9-12-21)20-10-7-13(8-11-20)22-15-6-4-3-5-14(15)17;/h3-6,13,21H,2,7-12H2,1H3,(H,18,19);1H. The highest BCUT2D eigenvalue weighted by Crippen LogP contribution is 2.24. The Labute approximate surface area is 169 Å². The van der Waals surface area contributed by atoms with Crippen molar-refractivity contribution < 1.29 is 9.84 Å². The van der Waals surface area contributed by atoms with Gasteiger partial charge in [-0.2, -0.15) is 0 Å². The van der Waals surface area contributed by atoms with E-state index in [2.05, 4.69) is 50.8 Å². The molecule has 0 unspecified atom stereocenters. The number of guanidine groups is 1. The lowest BCUT2D eigenvalue weighted by atomic mass is 10.1. The first-order valence-corrected chi connectivity index (χ1v) is 8.87. The SMILES string of the molecule is CCNC(=NCCO)N1CCC(Oc2ccccc2I)CC1.I. The smallest absolute Gasteiger partial charge is 0.193 e. The van der Waals surface area contributed by atoms with Crippen molar-refractivity contribution in [2.75, 3.05) is 32.8 Å². The molecule has 5 nitrogen and oxygen atoms in total. The predicted molar refractivity (Wildman–Crippen MR) is 113 cm³/mol. The van der Waals surface area contributed by atoms with Crippen LogP contribution in [0, 0.1) is 3.57 Å². The molecule has 0 spiro atoms. The number of nitrogens with one attached hydrogen (secondary N) is 1. The van der Waals surface area contributed by atoms with E-state index in [0.717, 1.165) is 47.8 Å². The molecule has 1 aliphatic heterocycles. The Morgan fingerprint density at radius 3 is 2.70 bits per heavy atom. The van der Waals surface area contributed by atoms with Crippen LogP contribution in [0.4, 0.5) is 0 Å². The highest BCUT2D eigenvalue weighted by atomic mass is 127. The summed E-state index contributed by atoms with van der Waals surface area (Å²) in [6.07, 6.45) is 2.22. The summed E-state index contributed by atoms with van der Waals surface area (Å²) in [4.78, 5) is 6.66. The number of nitrogens with zero attached hydrogens (tertiary/aromatic N) is 2. The van der Waals surface area contributed by atoms with Gasteiger partial charge in [-0.25, -0.2) is 0 Å². The minimum Gasteiger partial charge on any atom is -0.489 e. The summed E-state index contributed by atoms with van der Waals surface area (Å²) in [6, 6.07) is 8.13. The van der Waals surface area contributed by atoms with Crippen molar-refractivity contribution in [2.45, 2.75) is 25.9 Å². The fourth-order valence-corrected chi connectivity index (χ4v) is 3.00. The van der Waals surface area contributed by atoms with Crippen molar-refractivity contribution in [3.63, 3.8) is 0 Å². The van der Waals surface area contributed by atoms with E-state index in [9.17, 15) is 0 Å². The first-order valence-electron chi connectivity index (χ1n) is 7.80. The van der Waals surface area contributed by atoms with Crippen LogP contribution in [0.3, 0.4) is 0 Å². The maximum Gasteiger partial charge on any atom is 0.193 e. The van der Waals surface area contributed by atoms with Gasteiger partial charge in [0.25, 0.3) is 0 Å². The van der Waals surface area contributed by atoms with E-state index in [1.165, 1.54) is 0 Å². The molecule has 2 rings (SSSR count). The first-order chi connectivity index (χ1) is 10.7. The monoisotopic (exact) mass is 545 g/mol. The lowest BCUT2D eigenvalue weighted by Crippen LogP contribution is -2.47. The Kier molecular flexibility index (Phi) is 10.2. The third-order valence-electron chi connectivity index (χ3n) is 3.57. The zero-order chi connectivity index (χ0) is 15.8. The molecule has 0 bridgehead atoms. The lowest BCUT2D eigenvalue weighted by Gasteiger charge is -2.34. The molecule has 2 N–H and O–H groups in total. The highest BCUT2D eigenvalue weighted by Gasteiger charge is 2.23. The van der Waals surface area contributed by atoms with Crippen molar-refractivity contribution in [3.05, 3.63) is 27.8 Å². The van der Waals surface area contributed by atoms with E-state index >= 15 is 0 Å². The number of hydrogen-bond acceptors (Lipinski definition) is 3. The van der Waals surface area contributed by atoms with Crippen molar-refractivity contribution in [3.8, 4) is 5.75 Å². The molecule has 1 saturated heterocycles. The Bertz CT molecular complexity index is 492. The summed E-state index contributed by atoms with van der Waals surface area (Å²) in [7, 11) is 0. The van der Waals surface area contributed by atoms with Gasteiger partial charge in [0, 0.05) is 32.5 Å². The number of piperidine rings is 1. The number of aliphatic imine (C=N–C) groups is 1. The third-order valence-corrected chi connectivity index (χ3v) is 4.46. The second-order valence-corrected chi connectivity index (χ2v) is 6.36. The van der Waals surface area contributed by atoms with Gasteiger partial charge in [-0.1, -0.05) is 12.1 Å². The average molecular weight is 545 g/mol. The molecule has 7 heteroatoms. The minimum atomic E-state index is 0. The van der Waals surface area contributed by atoms with E-state index < -0.39 is 0 Å². The Hall–Kier alpha value is -0.290. The molecular formula is C16H25I2N3O2. The van der Waals surface area contributed by atoms with E-state index in [4.69, 9.17) is 9.84 Å². The van der Waals surface area contributed by atoms with Crippen molar-refractivity contribution in [1.82, 2.24) is 10.2 Å². The minimum absolute atomic E-state index is 0. The summed E-state index contributed by atoms with van der Waals surface area (Å²) >= 11 is 2.31. The van der Waals surface area contributed by atoms with Gasteiger partial charge in [-0.3, -0.25) is 4.99 Å². The highest BCUT2D eigenvalue weighted by molar-refractivity contribution is 14.1. The van der Waals surface area contributed by atoms with Gasteiger partial charge < -0.3 is 20.1 Å². The Morgan fingerprint density at radius 1 is 1.39 bits per heavy atom. The normalized spacial score (nSPS) is 16.0. The van der Waals surface area contributed by atoms with E-state index in [1.54, 1.807) is 0 Å². The van der Waals surface area contributed by atoms with Gasteiger partial charge in [0.05, 0.1) is 16.7 Å². The van der Waals surface area contributed by atoms with Crippen LogP contribution in [-0.2, 0) is 0 Å². The molecule has 1 aliphatic rings. The van der Waals surface area contributed by atoms with Crippen LogP contribution >= 0.6 is 46.6 Å². The fraction of sp³-hybridized carbons (Fsp3) is 0.562. The zero-order valence-corrected chi connectivity index (χ0v) is 17.9. The summed E-state index contributed by atoms with van der Waals surface area (Å²) in [5, 5.41) is 12.2. The molecule has 0 atom stereocenters. The number of benzene rings is 1. The first kappa shape index (κ1) is 20.8. The quantitative estimate of drug-likeness (QED) is 0.340. The predicted octanol–water partition coefficient (Wildman–Crippen LogP) is 2.71. The zero-order valence-electron chi connectivity index (χ0n) is 13.4. The van der Waals surface area contributed by atoms with E-state index in [-0.39, 0.29) is 36.7 Å². The number of aliphatic hydroxyl groups excluding tert-OH is 1. The topological polar surface area (TPSA) is 57.1 Å². The number of para-hydroxylation sites is 1. The van der Waals surface area contributed by atoms with Crippen molar-refractivity contribution in [2.24, 2.45) is 4.99 Å². The number of hydrogen-bond donors (Lipinski definition) is 2. The van der Waals surface area contributed by atoms with Crippen LogP contribution in [0.2, 0.25) is 0 Å². The van der Waals surface area contributed by atoms with E-state index in [1.807, 2.05) is 18.2 Å². The van der Waals surface area contributed by atoms with Crippen LogP contribution in [0.25, 0.3) is 0 Å². The molecular weight excluding hydrogens is 520 g/mol. The van der Waals surface area contributed by atoms with Crippen molar-refractivity contribution in [1.29, 1.82) is 0 Å². The fourth-order valence-electron chi connectivity index (χ4n) is 2.49. The molecule has 0 aromatic heterocycles. The summed E-state index contributed by atoms with van der Waals surface area (Å²) in [6.45, 7) is 5.27. The maximum absolute atomic E-state index is 8.94. The number of halogens is 2. The lowest BCUT2D eigenvalue weighted by molar-refractivity contribution is 0.128. The number of ether oxygens (including phenoxy) is 1. The molecule has 1 aromatic carbocycles. The molecule has 0 amide bonds. The van der Waals surface area contributed by atoms with Crippen LogP contribution in [0.15, 0.2) is 29.3 Å². The second kappa shape index (κ2) is 11.3. The molecule has 0 saturated carbocycles. The molecule has 1 heterocycles. The van der Waals surface area contributed by atoms with Gasteiger partial charge >= 0.3 is 0 Å². The molecule has 130 valence electrons. The molecule has 23 heavy (non-hydrogen) atoms. The second-order valence-electron chi connectivity index (χ2n) is 5.19. The maximum atomic E-state index is 8.94.